The van der Waals surface area contributed by atoms with E-state index < -0.39 is 6.04 Å². The van der Waals surface area contributed by atoms with Crippen LogP contribution in [0, 0.1) is 6.92 Å². The molecule has 1 aromatic heterocycles. The number of halogens is 2. The fourth-order valence-electron chi connectivity index (χ4n) is 3.32. The Hall–Kier alpha value is -2.80. The molecule has 0 aliphatic rings. The molecule has 0 saturated carbocycles. The fraction of sp³-hybridized carbons (Fsp3) is 0.160. The lowest BCUT2D eigenvalue weighted by molar-refractivity contribution is 0.0938. The van der Waals surface area contributed by atoms with Crippen LogP contribution in [0.3, 0.4) is 0 Å². The van der Waals surface area contributed by atoms with Gasteiger partial charge in [-0.2, -0.15) is 0 Å². The molecule has 1 amide bonds. The molecule has 0 radical (unpaired) electrons. The fourth-order valence-corrected chi connectivity index (χ4v) is 4.72. The maximum atomic E-state index is 12.8. The zero-order valence-corrected chi connectivity index (χ0v) is 20.5. The second kappa shape index (κ2) is 10.4. The van der Waals surface area contributed by atoms with Crippen LogP contribution in [0.5, 0.6) is 0 Å². The summed E-state index contributed by atoms with van der Waals surface area (Å²) in [6.45, 7) is 3.86. The van der Waals surface area contributed by atoms with E-state index in [4.69, 9.17) is 23.2 Å². The van der Waals surface area contributed by atoms with Gasteiger partial charge in [0.2, 0.25) is 0 Å². The third-order valence-corrected chi connectivity index (χ3v) is 6.61. The van der Waals surface area contributed by atoms with Crippen LogP contribution in [-0.2, 0) is 5.75 Å². The lowest BCUT2D eigenvalue weighted by Gasteiger charge is -2.17. The molecule has 0 spiro atoms. The van der Waals surface area contributed by atoms with Gasteiger partial charge in [-0.1, -0.05) is 83.0 Å². The molecule has 168 valence electrons. The molecular formula is C25H22Cl2N4OS. The van der Waals surface area contributed by atoms with Gasteiger partial charge in [-0.25, -0.2) is 0 Å². The van der Waals surface area contributed by atoms with Gasteiger partial charge in [-0.05, 0) is 49.7 Å². The van der Waals surface area contributed by atoms with Gasteiger partial charge >= 0.3 is 0 Å². The molecule has 0 saturated heterocycles. The van der Waals surface area contributed by atoms with Crippen molar-refractivity contribution in [3.63, 3.8) is 0 Å². The van der Waals surface area contributed by atoms with Gasteiger partial charge in [0, 0.05) is 16.3 Å². The number of nitrogens with one attached hydrogen (secondary N) is 1. The molecule has 4 rings (SSSR count). The first-order chi connectivity index (χ1) is 15.9. The van der Waals surface area contributed by atoms with Crippen molar-refractivity contribution in [2.45, 2.75) is 30.8 Å². The lowest BCUT2D eigenvalue weighted by Crippen LogP contribution is -2.28. The minimum atomic E-state index is -0.413. The topological polar surface area (TPSA) is 59.8 Å². The van der Waals surface area contributed by atoms with E-state index >= 15 is 0 Å². The zero-order valence-electron chi connectivity index (χ0n) is 18.1. The molecular weight excluding hydrogens is 475 g/mol. The molecule has 1 heterocycles. The Bertz CT molecular complexity index is 1260. The van der Waals surface area contributed by atoms with Crippen molar-refractivity contribution in [3.05, 3.63) is 105 Å². The second-order valence-corrected chi connectivity index (χ2v) is 9.39. The summed E-state index contributed by atoms with van der Waals surface area (Å²) in [7, 11) is 0. The molecule has 0 aliphatic heterocycles. The van der Waals surface area contributed by atoms with Gasteiger partial charge in [0.1, 0.15) is 0 Å². The number of hydrogen-bond acceptors (Lipinski definition) is 4. The first-order valence-corrected chi connectivity index (χ1v) is 12.1. The molecule has 1 N–H and O–H groups in total. The molecule has 5 nitrogen and oxygen atoms in total. The van der Waals surface area contributed by atoms with E-state index in [1.807, 2.05) is 54.8 Å². The van der Waals surface area contributed by atoms with Crippen molar-refractivity contribution in [1.82, 2.24) is 20.1 Å². The van der Waals surface area contributed by atoms with Crippen molar-refractivity contribution >= 4 is 40.9 Å². The van der Waals surface area contributed by atoms with Gasteiger partial charge in [0.25, 0.3) is 5.91 Å². The minimum Gasteiger partial charge on any atom is -0.342 e. The number of aromatic nitrogens is 3. The van der Waals surface area contributed by atoms with Gasteiger partial charge in [0.15, 0.2) is 11.0 Å². The maximum Gasteiger partial charge on any atom is 0.251 e. The Morgan fingerprint density at radius 1 is 1.03 bits per heavy atom. The lowest BCUT2D eigenvalue weighted by atomic mass is 10.1. The van der Waals surface area contributed by atoms with E-state index in [2.05, 4.69) is 27.6 Å². The molecule has 33 heavy (non-hydrogen) atoms. The van der Waals surface area contributed by atoms with Crippen molar-refractivity contribution in [1.29, 1.82) is 0 Å². The molecule has 1 unspecified atom stereocenters. The standard InChI is InChI=1S/C25H22Cl2N4OS/c1-16-8-10-19(11-9-16)24(32)28-17(2)23-29-30-25(33-15-18-6-4-3-5-7-18)31(23)22-13-12-20(26)14-21(22)27/h3-14,17H,15H2,1-2H3,(H,28,32). The predicted octanol–water partition coefficient (Wildman–Crippen LogP) is 6.67. The monoisotopic (exact) mass is 496 g/mol. The quantitative estimate of drug-likeness (QED) is 0.290. The van der Waals surface area contributed by atoms with E-state index in [0.717, 1.165) is 5.56 Å². The molecule has 0 fully saturated rings. The third-order valence-electron chi connectivity index (χ3n) is 5.07. The molecule has 3 aromatic carbocycles. The zero-order chi connectivity index (χ0) is 23.4. The summed E-state index contributed by atoms with van der Waals surface area (Å²) in [6, 6.07) is 22.4. The van der Waals surface area contributed by atoms with Crippen molar-refractivity contribution in [3.8, 4) is 5.69 Å². The molecule has 0 bridgehead atoms. The van der Waals surface area contributed by atoms with Crippen LogP contribution in [-0.4, -0.2) is 20.7 Å². The second-order valence-electron chi connectivity index (χ2n) is 7.61. The van der Waals surface area contributed by atoms with Crippen LogP contribution in [0.15, 0.2) is 78.0 Å². The van der Waals surface area contributed by atoms with Crippen molar-refractivity contribution in [2.24, 2.45) is 0 Å². The van der Waals surface area contributed by atoms with Crippen LogP contribution < -0.4 is 5.32 Å². The average molecular weight is 497 g/mol. The highest BCUT2D eigenvalue weighted by Gasteiger charge is 2.23. The predicted molar refractivity (Wildman–Crippen MR) is 134 cm³/mol. The largest absolute Gasteiger partial charge is 0.342 e. The summed E-state index contributed by atoms with van der Waals surface area (Å²) in [4.78, 5) is 12.8. The van der Waals surface area contributed by atoms with Gasteiger partial charge in [-0.3, -0.25) is 9.36 Å². The van der Waals surface area contributed by atoms with E-state index in [0.29, 0.717) is 38.0 Å². The highest BCUT2D eigenvalue weighted by Crippen LogP contribution is 2.32. The number of carbonyl (C=O) groups is 1. The summed E-state index contributed by atoms with van der Waals surface area (Å²) in [5.74, 6) is 1.11. The number of nitrogens with zero attached hydrogens (tertiary/aromatic N) is 3. The van der Waals surface area contributed by atoms with Crippen LogP contribution in [0.2, 0.25) is 10.0 Å². The Morgan fingerprint density at radius 3 is 2.45 bits per heavy atom. The van der Waals surface area contributed by atoms with Crippen molar-refractivity contribution < 1.29 is 4.79 Å². The number of rotatable bonds is 7. The van der Waals surface area contributed by atoms with Crippen LogP contribution in [0.25, 0.3) is 5.69 Å². The molecule has 8 heteroatoms. The van der Waals surface area contributed by atoms with Crippen LogP contribution >= 0.6 is 35.0 Å². The normalized spacial score (nSPS) is 11.9. The van der Waals surface area contributed by atoms with E-state index in [-0.39, 0.29) is 5.91 Å². The SMILES string of the molecule is Cc1ccc(C(=O)NC(C)c2nnc(SCc3ccccc3)n2-c2ccc(Cl)cc2Cl)cc1. The average Bonchev–Trinajstić information content (AvgIpc) is 3.22. The number of carbonyl (C=O) groups excluding carboxylic acids is 1. The first-order valence-electron chi connectivity index (χ1n) is 10.4. The Balaban J connectivity index is 1.65. The van der Waals surface area contributed by atoms with E-state index in [1.165, 1.54) is 5.56 Å². The van der Waals surface area contributed by atoms with Gasteiger partial charge in [-0.15, -0.1) is 10.2 Å². The van der Waals surface area contributed by atoms with E-state index in [9.17, 15) is 4.79 Å². The number of benzene rings is 3. The minimum absolute atomic E-state index is 0.183. The third kappa shape index (κ3) is 5.58. The number of hydrogen-bond donors (Lipinski definition) is 1. The van der Waals surface area contributed by atoms with Crippen LogP contribution in [0.1, 0.15) is 40.3 Å². The highest BCUT2D eigenvalue weighted by molar-refractivity contribution is 7.98. The summed E-state index contributed by atoms with van der Waals surface area (Å²) in [5, 5.41) is 13.5. The van der Waals surface area contributed by atoms with Gasteiger partial charge in [0.05, 0.1) is 16.8 Å². The van der Waals surface area contributed by atoms with Crippen molar-refractivity contribution in [2.75, 3.05) is 0 Å². The van der Waals surface area contributed by atoms with Gasteiger partial charge < -0.3 is 5.32 Å². The number of thioether (sulfide) groups is 1. The summed E-state index contributed by atoms with van der Waals surface area (Å²) < 4.78 is 1.88. The summed E-state index contributed by atoms with van der Waals surface area (Å²) >= 11 is 14.2. The first kappa shape index (κ1) is 23.4. The smallest absolute Gasteiger partial charge is 0.251 e. The summed E-state index contributed by atoms with van der Waals surface area (Å²) in [6.07, 6.45) is 0. The Kier molecular flexibility index (Phi) is 7.38. The Labute approximate surface area is 207 Å². The Morgan fingerprint density at radius 2 is 1.76 bits per heavy atom. The highest BCUT2D eigenvalue weighted by atomic mass is 35.5. The van der Waals surface area contributed by atoms with E-state index in [1.54, 1.807) is 36.0 Å². The van der Waals surface area contributed by atoms with Crippen LogP contribution in [0.4, 0.5) is 0 Å². The molecule has 1 atom stereocenters. The number of aryl methyl sites for hydroxylation is 1. The maximum absolute atomic E-state index is 12.8. The summed E-state index contributed by atoms with van der Waals surface area (Å²) in [5.41, 5.74) is 3.55. The number of amides is 1. The molecule has 4 aromatic rings. The molecule has 0 aliphatic carbocycles.